The number of hydrogen-bond acceptors (Lipinski definition) is 5. The average molecular weight is 425 g/mol. The zero-order valence-electron chi connectivity index (χ0n) is 17.4. The molecular formula is C23H24FN3O4. The number of halogens is 1. The molecule has 31 heavy (non-hydrogen) atoms. The number of rotatable bonds is 5. The maximum atomic E-state index is 14.5. The van der Waals surface area contributed by atoms with E-state index >= 15 is 0 Å². The largest absolute Gasteiger partial charge is 0.447 e. The Kier molecular flexibility index (Phi) is 5.88. The summed E-state index contributed by atoms with van der Waals surface area (Å²) in [4.78, 5) is 28.9. The molecule has 2 aromatic carbocycles. The highest BCUT2D eigenvalue weighted by Crippen LogP contribution is 2.33. The first-order valence-electron chi connectivity index (χ1n) is 10.3. The lowest BCUT2D eigenvalue weighted by Crippen LogP contribution is -2.39. The van der Waals surface area contributed by atoms with Crippen LogP contribution in [0.2, 0.25) is 0 Å². The third-order valence-corrected chi connectivity index (χ3v) is 5.35. The minimum Gasteiger partial charge on any atom is -0.447 e. The molecule has 4 rings (SSSR count). The van der Waals surface area contributed by atoms with Crippen LogP contribution in [0.25, 0.3) is 22.2 Å². The summed E-state index contributed by atoms with van der Waals surface area (Å²) in [7, 11) is 0. The lowest BCUT2D eigenvalue weighted by Gasteiger charge is -2.30. The number of carbonyl (C=O) groups excluding carboxylic acids is 2. The Bertz CT molecular complexity index is 1100. The molecule has 2 heterocycles. The van der Waals surface area contributed by atoms with E-state index in [1.165, 1.54) is 6.07 Å². The molecule has 3 aromatic rings. The molecule has 0 atom stereocenters. The standard InChI is InChI=1S/C23H24FN3O4/c1-14(2)30-23(29)27-9-7-15(8-10-27)22-26-20-11-16(3-6-21(20)31-22)18-5-4-17(25-13-28)12-19(18)24/h3-6,11-15H,7-10H2,1-2H3,(H,25,28). The van der Waals surface area contributed by atoms with Gasteiger partial charge in [0.2, 0.25) is 6.41 Å². The van der Waals surface area contributed by atoms with Crippen LogP contribution in [0.4, 0.5) is 14.9 Å². The Balaban J connectivity index is 1.50. The summed E-state index contributed by atoms with van der Waals surface area (Å²) in [6.45, 7) is 4.85. The molecule has 0 spiro atoms. The number of likely N-dealkylation sites (tertiary alicyclic amines) is 1. The Labute approximate surface area is 179 Å². The first kappa shape index (κ1) is 20.8. The van der Waals surface area contributed by atoms with E-state index in [1.807, 2.05) is 13.8 Å². The van der Waals surface area contributed by atoms with Crippen molar-refractivity contribution in [3.63, 3.8) is 0 Å². The number of ether oxygens (including phenoxy) is 1. The number of carbonyl (C=O) groups is 2. The van der Waals surface area contributed by atoms with Gasteiger partial charge in [-0.15, -0.1) is 0 Å². The van der Waals surface area contributed by atoms with Crippen molar-refractivity contribution in [2.24, 2.45) is 0 Å². The number of aromatic nitrogens is 1. The van der Waals surface area contributed by atoms with Gasteiger partial charge in [-0.3, -0.25) is 4.79 Å². The Morgan fingerprint density at radius 3 is 2.71 bits per heavy atom. The van der Waals surface area contributed by atoms with Crippen LogP contribution in [-0.2, 0) is 9.53 Å². The highest BCUT2D eigenvalue weighted by Gasteiger charge is 2.28. The SMILES string of the molecule is CC(C)OC(=O)N1CCC(c2nc3cc(-c4ccc(NC=O)cc4F)ccc3o2)CC1. The predicted molar refractivity (Wildman–Crippen MR) is 114 cm³/mol. The van der Waals surface area contributed by atoms with Gasteiger partial charge in [0, 0.05) is 30.3 Å². The van der Waals surface area contributed by atoms with E-state index in [0.29, 0.717) is 53.3 Å². The summed E-state index contributed by atoms with van der Waals surface area (Å²) in [6.07, 6.45) is 1.57. The van der Waals surface area contributed by atoms with Crippen LogP contribution in [-0.4, -0.2) is 41.6 Å². The number of fused-ring (bicyclic) bond motifs is 1. The summed E-state index contributed by atoms with van der Waals surface area (Å²) in [5.74, 6) is 0.315. The van der Waals surface area contributed by atoms with Crippen molar-refractivity contribution in [1.29, 1.82) is 0 Å². The molecule has 8 heteroatoms. The molecule has 162 valence electrons. The second-order valence-corrected chi connectivity index (χ2v) is 7.89. The van der Waals surface area contributed by atoms with Crippen molar-refractivity contribution >= 4 is 29.3 Å². The van der Waals surface area contributed by atoms with Gasteiger partial charge in [0.15, 0.2) is 11.5 Å². The normalized spacial score (nSPS) is 14.8. The molecular weight excluding hydrogens is 401 g/mol. The Morgan fingerprint density at radius 1 is 1.26 bits per heavy atom. The summed E-state index contributed by atoms with van der Waals surface area (Å²) >= 11 is 0. The maximum absolute atomic E-state index is 14.5. The Hall–Kier alpha value is -3.42. The minimum absolute atomic E-state index is 0.115. The van der Waals surface area contributed by atoms with Gasteiger partial charge < -0.3 is 19.4 Å². The maximum Gasteiger partial charge on any atom is 0.410 e. The fourth-order valence-corrected chi connectivity index (χ4v) is 3.78. The summed E-state index contributed by atoms with van der Waals surface area (Å²) < 4.78 is 25.7. The molecule has 0 bridgehead atoms. The molecule has 1 aromatic heterocycles. The molecule has 1 fully saturated rings. The zero-order valence-corrected chi connectivity index (χ0v) is 17.4. The second kappa shape index (κ2) is 8.75. The van der Waals surface area contributed by atoms with Crippen LogP contribution in [0, 0.1) is 5.82 Å². The van der Waals surface area contributed by atoms with Crippen molar-refractivity contribution in [1.82, 2.24) is 9.88 Å². The fourth-order valence-electron chi connectivity index (χ4n) is 3.78. The number of piperidine rings is 1. The van der Waals surface area contributed by atoms with E-state index in [1.54, 1.807) is 35.2 Å². The predicted octanol–water partition coefficient (Wildman–Crippen LogP) is 4.93. The number of nitrogens with zero attached hydrogens (tertiary/aromatic N) is 2. The van der Waals surface area contributed by atoms with E-state index < -0.39 is 5.82 Å². The summed E-state index contributed by atoms with van der Waals surface area (Å²) in [6, 6.07) is 9.90. The molecule has 1 aliphatic rings. The lowest BCUT2D eigenvalue weighted by molar-refractivity contribution is -0.105. The number of benzene rings is 2. The van der Waals surface area contributed by atoms with E-state index in [9.17, 15) is 14.0 Å². The van der Waals surface area contributed by atoms with Gasteiger partial charge >= 0.3 is 6.09 Å². The number of nitrogens with one attached hydrogen (secondary N) is 1. The van der Waals surface area contributed by atoms with E-state index in [-0.39, 0.29) is 18.1 Å². The summed E-state index contributed by atoms with van der Waals surface area (Å²) in [5.41, 5.74) is 2.78. The van der Waals surface area contributed by atoms with Crippen LogP contribution in [0.3, 0.4) is 0 Å². The van der Waals surface area contributed by atoms with Crippen LogP contribution < -0.4 is 5.32 Å². The number of oxazole rings is 1. The van der Waals surface area contributed by atoms with Gasteiger partial charge in [-0.25, -0.2) is 14.2 Å². The fraction of sp³-hybridized carbons (Fsp3) is 0.348. The van der Waals surface area contributed by atoms with E-state index in [4.69, 9.17) is 9.15 Å². The number of hydrogen-bond donors (Lipinski definition) is 1. The summed E-state index contributed by atoms with van der Waals surface area (Å²) in [5, 5.41) is 2.44. The first-order valence-corrected chi connectivity index (χ1v) is 10.3. The second-order valence-electron chi connectivity index (χ2n) is 7.89. The van der Waals surface area contributed by atoms with E-state index in [2.05, 4.69) is 10.3 Å². The topological polar surface area (TPSA) is 84.7 Å². The van der Waals surface area contributed by atoms with Crippen LogP contribution in [0.5, 0.6) is 0 Å². The molecule has 0 radical (unpaired) electrons. The highest BCUT2D eigenvalue weighted by atomic mass is 19.1. The average Bonchev–Trinajstić information content (AvgIpc) is 3.17. The molecule has 7 nitrogen and oxygen atoms in total. The van der Waals surface area contributed by atoms with E-state index in [0.717, 1.165) is 12.8 Å². The third kappa shape index (κ3) is 4.52. The van der Waals surface area contributed by atoms with Crippen molar-refractivity contribution in [2.75, 3.05) is 18.4 Å². The van der Waals surface area contributed by atoms with Gasteiger partial charge in [-0.2, -0.15) is 0 Å². The van der Waals surface area contributed by atoms with Gasteiger partial charge in [-0.05, 0) is 62.6 Å². The number of anilines is 1. The monoisotopic (exact) mass is 425 g/mol. The van der Waals surface area contributed by atoms with Crippen molar-refractivity contribution in [2.45, 2.75) is 38.7 Å². The highest BCUT2D eigenvalue weighted by molar-refractivity contribution is 5.81. The smallest absolute Gasteiger partial charge is 0.410 e. The van der Waals surface area contributed by atoms with Crippen molar-refractivity contribution < 1.29 is 23.1 Å². The first-order chi connectivity index (χ1) is 14.9. The molecule has 1 saturated heterocycles. The number of amides is 2. The zero-order chi connectivity index (χ0) is 22.0. The van der Waals surface area contributed by atoms with Crippen LogP contribution in [0.1, 0.15) is 38.5 Å². The van der Waals surface area contributed by atoms with Gasteiger partial charge in [-0.1, -0.05) is 6.07 Å². The molecule has 0 saturated carbocycles. The third-order valence-electron chi connectivity index (χ3n) is 5.35. The van der Waals surface area contributed by atoms with Gasteiger partial charge in [0.05, 0.1) is 6.10 Å². The lowest BCUT2D eigenvalue weighted by atomic mass is 9.97. The van der Waals surface area contributed by atoms with Crippen LogP contribution >= 0.6 is 0 Å². The molecule has 0 aliphatic carbocycles. The van der Waals surface area contributed by atoms with Gasteiger partial charge in [0.25, 0.3) is 0 Å². The molecule has 1 aliphatic heterocycles. The molecule has 2 amide bonds. The van der Waals surface area contributed by atoms with Crippen molar-refractivity contribution in [3.8, 4) is 11.1 Å². The van der Waals surface area contributed by atoms with Crippen LogP contribution in [0.15, 0.2) is 40.8 Å². The quantitative estimate of drug-likeness (QED) is 0.586. The minimum atomic E-state index is -0.435. The molecule has 0 unspecified atom stereocenters. The Morgan fingerprint density at radius 2 is 2.03 bits per heavy atom. The molecule has 1 N–H and O–H groups in total. The van der Waals surface area contributed by atoms with Gasteiger partial charge in [0.1, 0.15) is 11.3 Å². The van der Waals surface area contributed by atoms with Crippen molar-refractivity contribution in [3.05, 3.63) is 48.1 Å².